The number of hydrogen-bond donors (Lipinski definition) is 0. The summed E-state index contributed by atoms with van der Waals surface area (Å²) in [6.45, 7) is 4.81. The average Bonchev–Trinajstić information content (AvgIpc) is 3.21. The van der Waals surface area contributed by atoms with Crippen molar-refractivity contribution in [3.8, 4) is 0 Å². The largest absolute Gasteiger partial charge is 0.284 e. The third kappa shape index (κ3) is 4.03. The van der Waals surface area contributed by atoms with Gasteiger partial charge in [-0.1, -0.05) is 47.7 Å². The monoisotopic (exact) mass is 441 g/mol. The Morgan fingerprint density at radius 2 is 1.80 bits per heavy atom. The summed E-state index contributed by atoms with van der Waals surface area (Å²) in [7, 11) is -3.53. The van der Waals surface area contributed by atoms with Crippen LogP contribution in [-0.4, -0.2) is 43.2 Å². The van der Waals surface area contributed by atoms with Gasteiger partial charge in [0.1, 0.15) is 0 Å². The van der Waals surface area contributed by atoms with Crippen LogP contribution in [0.15, 0.2) is 72.1 Å². The smallest absolute Gasteiger partial charge is 0.243 e. The zero-order valence-corrected chi connectivity index (χ0v) is 18.1. The van der Waals surface area contributed by atoms with Crippen LogP contribution < -0.4 is 4.90 Å². The second-order valence-corrected chi connectivity index (χ2v) is 10.1. The molecule has 3 aromatic rings. The molecule has 1 aliphatic rings. The lowest BCUT2D eigenvalue weighted by atomic mass is 9.96. The van der Waals surface area contributed by atoms with Crippen LogP contribution in [0.25, 0.3) is 10.2 Å². The lowest BCUT2D eigenvalue weighted by molar-refractivity contribution is -0.123. The van der Waals surface area contributed by atoms with Crippen LogP contribution in [0, 0.1) is 5.92 Å². The van der Waals surface area contributed by atoms with E-state index in [4.69, 9.17) is 0 Å². The van der Waals surface area contributed by atoms with Crippen molar-refractivity contribution in [3.05, 3.63) is 67.3 Å². The minimum absolute atomic E-state index is 0.0225. The summed E-state index contributed by atoms with van der Waals surface area (Å²) >= 11 is 1.48. The van der Waals surface area contributed by atoms with Crippen LogP contribution in [0.1, 0.15) is 12.8 Å². The Kier molecular flexibility index (Phi) is 5.99. The summed E-state index contributed by atoms with van der Waals surface area (Å²) in [4.78, 5) is 19.8. The zero-order valence-electron chi connectivity index (χ0n) is 16.5. The summed E-state index contributed by atoms with van der Waals surface area (Å²) in [6, 6.07) is 16.2. The van der Waals surface area contributed by atoms with Crippen LogP contribution in [0.4, 0.5) is 5.13 Å². The summed E-state index contributed by atoms with van der Waals surface area (Å²) in [5.41, 5.74) is 0.864. The van der Waals surface area contributed by atoms with Gasteiger partial charge in [0, 0.05) is 25.6 Å². The number of carbonyl (C=O) groups is 1. The normalized spacial score (nSPS) is 15.9. The standard InChI is InChI=1S/C22H23N3O3S2/c1-2-14-25(22-23-19-10-6-7-11-20(19)29-22)21(26)17-12-15-24(16-13-17)30(27,28)18-8-4-3-5-9-18/h2-11,17H,1,12-16H2. The van der Waals surface area contributed by atoms with Gasteiger partial charge in [0.15, 0.2) is 5.13 Å². The second kappa shape index (κ2) is 8.67. The predicted molar refractivity (Wildman–Crippen MR) is 120 cm³/mol. The Hall–Kier alpha value is -2.55. The first-order valence-electron chi connectivity index (χ1n) is 9.84. The Morgan fingerprint density at radius 3 is 2.47 bits per heavy atom. The van der Waals surface area contributed by atoms with Crippen molar-refractivity contribution >= 4 is 42.6 Å². The van der Waals surface area contributed by atoms with Crippen molar-refractivity contribution in [2.75, 3.05) is 24.5 Å². The molecule has 8 heteroatoms. The molecule has 0 unspecified atom stereocenters. The number of benzene rings is 2. The topological polar surface area (TPSA) is 70.6 Å². The molecule has 1 amide bonds. The van der Waals surface area contributed by atoms with E-state index in [1.165, 1.54) is 15.6 Å². The third-order valence-electron chi connectivity index (χ3n) is 5.28. The van der Waals surface area contributed by atoms with Crippen LogP contribution in [0.3, 0.4) is 0 Å². The molecule has 0 radical (unpaired) electrons. The average molecular weight is 442 g/mol. The first kappa shape index (κ1) is 20.7. The molecule has 0 N–H and O–H groups in total. The maximum absolute atomic E-state index is 13.3. The molecular weight excluding hydrogens is 418 g/mol. The number of fused-ring (bicyclic) bond motifs is 1. The lowest BCUT2D eigenvalue weighted by Gasteiger charge is -2.32. The highest BCUT2D eigenvalue weighted by atomic mass is 32.2. The number of carbonyl (C=O) groups excluding carboxylic acids is 1. The van der Waals surface area contributed by atoms with Crippen molar-refractivity contribution in [2.45, 2.75) is 17.7 Å². The van der Waals surface area contributed by atoms with E-state index in [-0.39, 0.29) is 16.7 Å². The summed E-state index contributed by atoms with van der Waals surface area (Å²) in [5, 5.41) is 0.653. The Bertz CT molecular complexity index is 1120. The molecule has 0 saturated carbocycles. The van der Waals surface area contributed by atoms with Crippen LogP contribution in [0.5, 0.6) is 0 Å². The number of piperidine rings is 1. The van der Waals surface area contributed by atoms with E-state index < -0.39 is 10.0 Å². The van der Waals surface area contributed by atoms with E-state index in [0.29, 0.717) is 37.6 Å². The fraction of sp³-hybridized carbons (Fsp3) is 0.273. The van der Waals surface area contributed by atoms with Gasteiger partial charge in [-0.3, -0.25) is 9.69 Å². The first-order chi connectivity index (χ1) is 14.5. The third-order valence-corrected chi connectivity index (χ3v) is 8.25. The number of aromatic nitrogens is 1. The van der Waals surface area contributed by atoms with Crippen molar-refractivity contribution in [1.29, 1.82) is 0 Å². The summed E-state index contributed by atoms with van der Waals surface area (Å²) < 4.78 is 28.2. The minimum Gasteiger partial charge on any atom is -0.284 e. The van der Waals surface area contributed by atoms with Gasteiger partial charge in [-0.05, 0) is 37.1 Å². The fourth-order valence-corrected chi connectivity index (χ4v) is 6.14. The molecule has 2 heterocycles. The van der Waals surface area contributed by atoms with E-state index in [2.05, 4.69) is 11.6 Å². The SMILES string of the molecule is C=CCN(C(=O)C1CCN(S(=O)(=O)c2ccccc2)CC1)c1nc2ccccc2s1. The van der Waals surface area contributed by atoms with E-state index in [1.54, 1.807) is 41.3 Å². The molecule has 1 aromatic heterocycles. The molecule has 1 saturated heterocycles. The predicted octanol–water partition coefficient (Wildman–Crippen LogP) is 3.92. The molecule has 0 spiro atoms. The molecule has 2 aromatic carbocycles. The molecule has 6 nitrogen and oxygen atoms in total. The van der Waals surface area contributed by atoms with E-state index >= 15 is 0 Å². The highest BCUT2D eigenvalue weighted by molar-refractivity contribution is 7.89. The second-order valence-electron chi connectivity index (χ2n) is 7.19. The molecule has 156 valence electrons. The first-order valence-corrected chi connectivity index (χ1v) is 12.1. The van der Waals surface area contributed by atoms with Gasteiger partial charge in [-0.15, -0.1) is 6.58 Å². The fourth-order valence-electron chi connectivity index (χ4n) is 3.67. The Balaban J connectivity index is 1.49. The summed E-state index contributed by atoms with van der Waals surface area (Å²) in [6.07, 6.45) is 2.67. The Labute approximate surface area is 180 Å². The zero-order chi connectivity index (χ0) is 21.1. The number of nitrogens with zero attached hydrogens (tertiary/aromatic N) is 3. The number of anilines is 1. The molecule has 0 bridgehead atoms. The molecular formula is C22H23N3O3S2. The van der Waals surface area contributed by atoms with Crippen LogP contribution in [-0.2, 0) is 14.8 Å². The van der Waals surface area contributed by atoms with Gasteiger partial charge in [0.2, 0.25) is 15.9 Å². The van der Waals surface area contributed by atoms with Crippen molar-refractivity contribution in [2.24, 2.45) is 5.92 Å². The molecule has 0 atom stereocenters. The van der Waals surface area contributed by atoms with Gasteiger partial charge < -0.3 is 0 Å². The number of amides is 1. The number of thiazole rings is 1. The van der Waals surface area contributed by atoms with Crippen molar-refractivity contribution in [1.82, 2.24) is 9.29 Å². The van der Waals surface area contributed by atoms with Crippen LogP contribution in [0.2, 0.25) is 0 Å². The minimum atomic E-state index is -3.53. The lowest BCUT2D eigenvalue weighted by Crippen LogP contribution is -2.44. The quantitative estimate of drug-likeness (QED) is 0.544. The van der Waals surface area contributed by atoms with E-state index in [0.717, 1.165) is 10.2 Å². The highest BCUT2D eigenvalue weighted by Gasteiger charge is 2.34. The van der Waals surface area contributed by atoms with Gasteiger partial charge in [0.25, 0.3) is 0 Å². The Morgan fingerprint density at radius 1 is 1.13 bits per heavy atom. The molecule has 0 aliphatic carbocycles. The number of rotatable bonds is 6. The van der Waals surface area contributed by atoms with Gasteiger partial charge in [-0.25, -0.2) is 13.4 Å². The van der Waals surface area contributed by atoms with Gasteiger partial charge >= 0.3 is 0 Å². The van der Waals surface area contributed by atoms with E-state index in [1.807, 2.05) is 24.3 Å². The molecule has 1 aliphatic heterocycles. The number of para-hydroxylation sites is 1. The number of sulfonamides is 1. The van der Waals surface area contributed by atoms with E-state index in [9.17, 15) is 13.2 Å². The molecule has 30 heavy (non-hydrogen) atoms. The van der Waals surface area contributed by atoms with Gasteiger partial charge in [-0.2, -0.15) is 4.31 Å². The van der Waals surface area contributed by atoms with Crippen LogP contribution >= 0.6 is 11.3 Å². The maximum Gasteiger partial charge on any atom is 0.243 e. The van der Waals surface area contributed by atoms with Crippen molar-refractivity contribution in [3.63, 3.8) is 0 Å². The maximum atomic E-state index is 13.3. The van der Waals surface area contributed by atoms with Crippen molar-refractivity contribution < 1.29 is 13.2 Å². The summed E-state index contributed by atoms with van der Waals surface area (Å²) in [5.74, 6) is -0.259. The molecule has 4 rings (SSSR count). The molecule has 1 fully saturated rings. The highest BCUT2D eigenvalue weighted by Crippen LogP contribution is 2.31. The van der Waals surface area contributed by atoms with Gasteiger partial charge in [0.05, 0.1) is 15.1 Å². The number of hydrogen-bond acceptors (Lipinski definition) is 5.